The van der Waals surface area contributed by atoms with Crippen molar-refractivity contribution in [1.29, 1.82) is 0 Å². The molecule has 0 radical (unpaired) electrons. The van der Waals surface area contributed by atoms with Gasteiger partial charge in [-0.05, 0) is 53.2 Å². The molecule has 0 unspecified atom stereocenters. The molecule has 2 aromatic carbocycles. The highest BCUT2D eigenvalue weighted by molar-refractivity contribution is 8.18. The molecule has 146 valence electrons. The minimum Gasteiger partial charge on any atom is -0.493 e. The quantitative estimate of drug-likeness (QED) is 0.522. The molecule has 1 heterocycles. The lowest BCUT2D eigenvalue weighted by Gasteiger charge is -2.14. The van der Waals surface area contributed by atoms with Crippen LogP contribution in [0.25, 0.3) is 6.08 Å². The maximum atomic E-state index is 12.0. The van der Waals surface area contributed by atoms with Gasteiger partial charge in [-0.3, -0.25) is 14.5 Å². The van der Waals surface area contributed by atoms with Gasteiger partial charge in [-0.15, -0.1) is 0 Å². The third kappa shape index (κ3) is 4.41. The van der Waals surface area contributed by atoms with E-state index in [1.165, 1.54) is 14.2 Å². The number of rotatable bonds is 5. The maximum Gasteiger partial charge on any atom is 0.293 e. The molecule has 3 rings (SSSR count). The largest absolute Gasteiger partial charge is 0.493 e. The van der Waals surface area contributed by atoms with E-state index in [0.717, 1.165) is 22.2 Å². The van der Waals surface area contributed by atoms with Crippen molar-refractivity contribution in [2.45, 2.75) is 6.61 Å². The zero-order valence-corrected chi connectivity index (χ0v) is 17.9. The second-order valence-electron chi connectivity index (χ2n) is 5.81. The first-order chi connectivity index (χ1) is 13.3. The number of hydrogen-bond acceptors (Lipinski definition) is 5. The van der Waals surface area contributed by atoms with E-state index in [-0.39, 0.29) is 17.8 Å². The minimum absolute atomic E-state index is 0.209. The Labute approximate surface area is 181 Å². The molecule has 28 heavy (non-hydrogen) atoms. The summed E-state index contributed by atoms with van der Waals surface area (Å²) in [6.07, 6.45) is 1.59. The van der Waals surface area contributed by atoms with Gasteiger partial charge in [0.1, 0.15) is 6.61 Å². The summed E-state index contributed by atoms with van der Waals surface area (Å²) in [5, 5.41) is 0.875. The van der Waals surface area contributed by atoms with E-state index in [1.807, 2.05) is 0 Å². The molecule has 1 fully saturated rings. The van der Waals surface area contributed by atoms with Crippen LogP contribution < -0.4 is 9.47 Å². The Morgan fingerprint density at radius 3 is 2.43 bits per heavy atom. The van der Waals surface area contributed by atoms with Crippen LogP contribution in [0.3, 0.4) is 0 Å². The summed E-state index contributed by atoms with van der Waals surface area (Å²) >= 11 is 19.2. The summed E-state index contributed by atoms with van der Waals surface area (Å²) in [4.78, 5) is 25.1. The smallest absolute Gasteiger partial charge is 0.293 e. The van der Waals surface area contributed by atoms with Crippen molar-refractivity contribution in [2.75, 3.05) is 14.2 Å². The second-order valence-corrected chi connectivity index (χ2v) is 8.03. The number of carbonyl (C=O) groups excluding carboxylic acids is 2. The number of likely N-dealkylation sites (N-methyl/N-ethyl adjacent to an activating group) is 1. The van der Waals surface area contributed by atoms with E-state index in [1.54, 1.807) is 36.4 Å². The van der Waals surface area contributed by atoms with Gasteiger partial charge >= 0.3 is 0 Å². The summed E-state index contributed by atoms with van der Waals surface area (Å²) in [5.74, 6) is 0.399. The molecular weight excluding hydrogens is 445 g/mol. The Hall–Kier alpha value is -1.86. The molecule has 9 heteroatoms. The van der Waals surface area contributed by atoms with Crippen molar-refractivity contribution in [3.05, 3.63) is 61.4 Å². The van der Waals surface area contributed by atoms with E-state index in [0.29, 0.717) is 37.0 Å². The molecule has 0 N–H and O–H groups in total. The second kappa shape index (κ2) is 8.66. The standard InChI is InChI=1S/C19H14Cl3NO4S/c1-23-18(24)16(28-19(23)25)8-11-6-14(22)17(15(7-11)26-2)27-9-10-3-4-12(20)13(21)5-10/h3-8H,9H2,1-2H3/b16-8-. The monoisotopic (exact) mass is 457 g/mol. The Morgan fingerprint density at radius 2 is 1.82 bits per heavy atom. The van der Waals surface area contributed by atoms with Gasteiger partial charge in [0.15, 0.2) is 11.5 Å². The third-order valence-corrected chi connectivity index (χ3v) is 5.88. The fraction of sp³-hybridized carbons (Fsp3) is 0.158. The SMILES string of the molecule is COc1cc(/C=C2\SC(=O)N(C)C2=O)cc(Cl)c1OCc1ccc(Cl)c(Cl)c1. The predicted molar refractivity (Wildman–Crippen MR) is 113 cm³/mol. The Kier molecular flexibility index (Phi) is 6.45. The zero-order chi connectivity index (χ0) is 20.4. The zero-order valence-electron chi connectivity index (χ0n) is 14.8. The number of imide groups is 1. The molecule has 0 aliphatic carbocycles. The number of nitrogens with zero attached hydrogens (tertiary/aromatic N) is 1. The molecule has 0 bridgehead atoms. The van der Waals surface area contributed by atoms with Crippen molar-refractivity contribution in [1.82, 2.24) is 4.90 Å². The number of carbonyl (C=O) groups is 2. The summed E-state index contributed by atoms with van der Waals surface area (Å²) in [6.45, 7) is 0.209. The summed E-state index contributed by atoms with van der Waals surface area (Å²) in [6, 6.07) is 8.51. The van der Waals surface area contributed by atoms with Crippen molar-refractivity contribution >= 4 is 63.8 Å². The lowest BCUT2D eigenvalue weighted by atomic mass is 10.1. The number of ether oxygens (including phenoxy) is 2. The van der Waals surface area contributed by atoms with Crippen LogP contribution in [0.15, 0.2) is 35.2 Å². The van der Waals surface area contributed by atoms with Crippen LogP contribution in [-0.4, -0.2) is 30.2 Å². The molecule has 1 saturated heterocycles. The Bertz CT molecular complexity index is 993. The highest BCUT2D eigenvalue weighted by Crippen LogP contribution is 2.39. The van der Waals surface area contributed by atoms with Crippen molar-refractivity contribution in [3.8, 4) is 11.5 Å². The summed E-state index contributed by atoms with van der Waals surface area (Å²) in [7, 11) is 2.92. The van der Waals surface area contributed by atoms with E-state index in [9.17, 15) is 9.59 Å². The molecule has 1 aliphatic rings. The van der Waals surface area contributed by atoms with Crippen LogP contribution in [0.1, 0.15) is 11.1 Å². The van der Waals surface area contributed by atoms with Crippen molar-refractivity contribution in [2.24, 2.45) is 0 Å². The molecule has 0 aromatic heterocycles. The number of methoxy groups -OCH3 is 1. The number of thioether (sulfide) groups is 1. The molecular formula is C19H14Cl3NO4S. The fourth-order valence-corrected chi connectivity index (χ4v) is 3.87. The number of halogens is 3. The summed E-state index contributed by atoms with van der Waals surface area (Å²) < 4.78 is 11.2. The van der Waals surface area contributed by atoms with Gasteiger partial charge in [0.05, 0.1) is 27.1 Å². The average Bonchev–Trinajstić information content (AvgIpc) is 2.90. The van der Waals surface area contributed by atoms with Crippen molar-refractivity contribution in [3.63, 3.8) is 0 Å². The first-order valence-electron chi connectivity index (χ1n) is 7.96. The lowest BCUT2D eigenvalue weighted by molar-refractivity contribution is -0.121. The maximum absolute atomic E-state index is 12.0. The molecule has 1 aliphatic heterocycles. The van der Waals surface area contributed by atoms with E-state index >= 15 is 0 Å². The third-order valence-electron chi connectivity index (χ3n) is 3.90. The van der Waals surface area contributed by atoms with Crippen LogP contribution in [-0.2, 0) is 11.4 Å². The number of amides is 2. The van der Waals surface area contributed by atoms with Crippen molar-refractivity contribution < 1.29 is 19.1 Å². The average molecular weight is 459 g/mol. The molecule has 5 nitrogen and oxygen atoms in total. The molecule has 0 saturated carbocycles. The molecule has 2 amide bonds. The van der Waals surface area contributed by atoms with Gasteiger partial charge in [0.2, 0.25) is 0 Å². The van der Waals surface area contributed by atoms with Crippen LogP contribution >= 0.6 is 46.6 Å². The Balaban J connectivity index is 1.84. The van der Waals surface area contributed by atoms with Crippen LogP contribution in [0, 0.1) is 0 Å². The summed E-state index contributed by atoms with van der Waals surface area (Å²) in [5.41, 5.74) is 1.43. The lowest BCUT2D eigenvalue weighted by Crippen LogP contribution is -2.22. The highest BCUT2D eigenvalue weighted by atomic mass is 35.5. The van der Waals surface area contributed by atoms with Gasteiger partial charge in [-0.2, -0.15) is 0 Å². The van der Waals surface area contributed by atoms with E-state index in [4.69, 9.17) is 44.3 Å². The van der Waals surface area contributed by atoms with E-state index in [2.05, 4.69) is 0 Å². The molecule has 2 aromatic rings. The first kappa shape index (κ1) is 20.9. The molecule has 0 atom stereocenters. The first-order valence-corrected chi connectivity index (χ1v) is 9.91. The van der Waals surface area contributed by atoms with E-state index < -0.39 is 0 Å². The van der Waals surface area contributed by atoms with Crippen LogP contribution in [0.4, 0.5) is 4.79 Å². The van der Waals surface area contributed by atoms with Gasteiger partial charge in [-0.1, -0.05) is 40.9 Å². The van der Waals surface area contributed by atoms with Gasteiger partial charge in [0.25, 0.3) is 11.1 Å². The van der Waals surface area contributed by atoms with Crippen LogP contribution in [0.5, 0.6) is 11.5 Å². The number of hydrogen-bond donors (Lipinski definition) is 0. The molecule has 0 spiro atoms. The Morgan fingerprint density at radius 1 is 1.07 bits per heavy atom. The fourth-order valence-electron chi connectivity index (χ4n) is 2.45. The predicted octanol–water partition coefficient (Wildman–Crippen LogP) is 5.90. The van der Waals surface area contributed by atoms with Gasteiger partial charge < -0.3 is 9.47 Å². The van der Waals surface area contributed by atoms with Gasteiger partial charge in [-0.25, -0.2) is 0 Å². The topological polar surface area (TPSA) is 55.8 Å². The normalized spacial score (nSPS) is 15.5. The highest BCUT2D eigenvalue weighted by Gasteiger charge is 2.31. The van der Waals surface area contributed by atoms with Crippen LogP contribution in [0.2, 0.25) is 15.1 Å². The number of benzene rings is 2. The minimum atomic E-state index is -0.356. The van der Waals surface area contributed by atoms with Gasteiger partial charge in [0, 0.05) is 7.05 Å².